The fourth-order valence-corrected chi connectivity index (χ4v) is 3.59. The van der Waals surface area contributed by atoms with Crippen LogP contribution in [-0.4, -0.2) is 16.1 Å². The number of thiazole rings is 1. The van der Waals surface area contributed by atoms with Crippen molar-refractivity contribution in [2.24, 2.45) is 5.92 Å². The third kappa shape index (κ3) is 2.91. The first-order valence-corrected chi connectivity index (χ1v) is 6.95. The van der Waals surface area contributed by atoms with Crippen molar-refractivity contribution in [2.45, 2.75) is 44.7 Å². The number of hydrogen-bond donors (Lipinski definition) is 1. The molecule has 1 heterocycles. The van der Waals surface area contributed by atoms with E-state index in [9.17, 15) is 18.0 Å². The van der Waals surface area contributed by atoms with Crippen molar-refractivity contribution in [3.63, 3.8) is 0 Å². The summed E-state index contributed by atoms with van der Waals surface area (Å²) < 4.78 is 38.2. The quantitative estimate of drug-likeness (QED) is 0.910. The molecular formula is C12H14F3NO2S. The minimum absolute atomic E-state index is 0.0239. The number of alkyl halides is 3. The third-order valence-corrected chi connectivity index (χ3v) is 4.78. The molecular weight excluding hydrogens is 279 g/mol. The van der Waals surface area contributed by atoms with E-state index in [4.69, 9.17) is 5.11 Å². The summed E-state index contributed by atoms with van der Waals surface area (Å²) in [7, 11) is 0. The summed E-state index contributed by atoms with van der Waals surface area (Å²) in [5.74, 6) is -1.07. The van der Waals surface area contributed by atoms with Gasteiger partial charge in [0.15, 0.2) is 5.69 Å². The molecule has 0 radical (unpaired) electrons. The zero-order valence-corrected chi connectivity index (χ0v) is 11.1. The standard InChI is InChI=1S/C12H14F3NO2S/c1-2-6-3-4-7(5-6)10-16-9(12(13,14)15)8(19-10)11(17)18/h6-7H,2-5H2,1H3,(H,17,18). The van der Waals surface area contributed by atoms with E-state index in [0.717, 1.165) is 25.7 Å². The second-order valence-electron chi connectivity index (χ2n) is 4.82. The molecule has 2 rings (SSSR count). The van der Waals surface area contributed by atoms with Crippen molar-refractivity contribution in [3.05, 3.63) is 15.6 Å². The molecule has 106 valence electrons. The minimum Gasteiger partial charge on any atom is -0.477 e. The van der Waals surface area contributed by atoms with Gasteiger partial charge >= 0.3 is 12.1 Å². The van der Waals surface area contributed by atoms with Crippen molar-refractivity contribution in [1.29, 1.82) is 0 Å². The Kier molecular flexibility index (Phi) is 3.85. The van der Waals surface area contributed by atoms with Gasteiger partial charge in [-0.2, -0.15) is 13.2 Å². The molecule has 1 aromatic heterocycles. The van der Waals surface area contributed by atoms with Crippen LogP contribution in [0.5, 0.6) is 0 Å². The van der Waals surface area contributed by atoms with Gasteiger partial charge in [-0.3, -0.25) is 0 Å². The highest BCUT2D eigenvalue weighted by Gasteiger charge is 2.41. The Morgan fingerprint density at radius 2 is 2.16 bits per heavy atom. The summed E-state index contributed by atoms with van der Waals surface area (Å²) in [6.45, 7) is 2.05. The highest BCUT2D eigenvalue weighted by Crippen LogP contribution is 2.43. The molecule has 19 heavy (non-hydrogen) atoms. The van der Waals surface area contributed by atoms with Crippen LogP contribution < -0.4 is 0 Å². The Morgan fingerprint density at radius 1 is 1.47 bits per heavy atom. The lowest BCUT2D eigenvalue weighted by molar-refractivity contribution is -0.141. The molecule has 2 unspecified atom stereocenters. The Morgan fingerprint density at radius 3 is 2.58 bits per heavy atom. The first kappa shape index (κ1) is 14.3. The first-order valence-electron chi connectivity index (χ1n) is 6.14. The van der Waals surface area contributed by atoms with Gasteiger partial charge in [-0.15, -0.1) is 11.3 Å². The van der Waals surface area contributed by atoms with E-state index in [1.165, 1.54) is 0 Å². The van der Waals surface area contributed by atoms with Crippen LogP contribution in [0.4, 0.5) is 13.2 Å². The molecule has 3 nitrogen and oxygen atoms in total. The van der Waals surface area contributed by atoms with E-state index in [-0.39, 0.29) is 5.92 Å². The molecule has 2 atom stereocenters. The van der Waals surface area contributed by atoms with Crippen LogP contribution in [0.25, 0.3) is 0 Å². The predicted octanol–water partition coefficient (Wildman–Crippen LogP) is 4.15. The van der Waals surface area contributed by atoms with Gasteiger partial charge in [0.1, 0.15) is 4.88 Å². The molecule has 0 aliphatic heterocycles. The molecule has 0 amide bonds. The average Bonchev–Trinajstić information content (AvgIpc) is 2.94. The van der Waals surface area contributed by atoms with Crippen molar-refractivity contribution in [3.8, 4) is 0 Å². The van der Waals surface area contributed by atoms with E-state index >= 15 is 0 Å². The van der Waals surface area contributed by atoms with Crippen LogP contribution in [0.15, 0.2) is 0 Å². The second-order valence-corrected chi connectivity index (χ2v) is 5.85. The van der Waals surface area contributed by atoms with Crippen molar-refractivity contribution >= 4 is 17.3 Å². The van der Waals surface area contributed by atoms with Gasteiger partial charge < -0.3 is 5.11 Å². The van der Waals surface area contributed by atoms with Crippen LogP contribution in [0.3, 0.4) is 0 Å². The van der Waals surface area contributed by atoms with Crippen molar-refractivity contribution in [2.75, 3.05) is 0 Å². The lowest BCUT2D eigenvalue weighted by atomic mass is 10.0. The minimum atomic E-state index is -4.70. The van der Waals surface area contributed by atoms with Gasteiger partial charge in [-0.05, 0) is 25.2 Å². The number of aromatic nitrogens is 1. The first-order chi connectivity index (χ1) is 8.82. The average molecular weight is 293 g/mol. The molecule has 1 fully saturated rings. The normalized spacial score (nSPS) is 23.8. The number of carboxylic acid groups (broad SMARTS) is 1. The zero-order valence-electron chi connectivity index (χ0n) is 10.3. The van der Waals surface area contributed by atoms with Gasteiger partial charge in [-0.25, -0.2) is 9.78 Å². The summed E-state index contributed by atoms with van der Waals surface area (Å²) in [6, 6.07) is 0. The zero-order chi connectivity index (χ0) is 14.2. The number of halogens is 3. The monoisotopic (exact) mass is 293 g/mol. The van der Waals surface area contributed by atoms with E-state index in [1.807, 2.05) is 0 Å². The van der Waals surface area contributed by atoms with E-state index in [1.54, 1.807) is 0 Å². The van der Waals surface area contributed by atoms with E-state index in [2.05, 4.69) is 11.9 Å². The van der Waals surface area contributed by atoms with Crippen molar-refractivity contribution in [1.82, 2.24) is 4.98 Å². The number of nitrogens with zero attached hydrogens (tertiary/aromatic N) is 1. The molecule has 1 aliphatic rings. The molecule has 0 saturated heterocycles. The Labute approximate surface area is 112 Å². The Balaban J connectivity index is 2.31. The summed E-state index contributed by atoms with van der Waals surface area (Å²) >= 11 is 0.674. The third-order valence-electron chi connectivity index (χ3n) is 3.57. The largest absolute Gasteiger partial charge is 0.477 e. The number of carboxylic acids is 1. The van der Waals surface area contributed by atoms with Crippen molar-refractivity contribution < 1.29 is 23.1 Å². The van der Waals surface area contributed by atoms with Gasteiger partial charge in [0.25, 0.3) is 0 Å². The molecule has 0 bridgehead atoms. The number of aromatic carboxylic acids is 1. The molecule has 7 heteroatoms. The Bertz CT molecular complexity index is 484. The fourth-order valence-electron chi connectivity index (χ4n) is 2.52. The smallest absolute Gasteiger partial charge is 0.435 e. The van der Waals surface area contributed by atoms with Gasteiger partial charge in [0.2, 0.25) is 0 Å². The SMILES string of the molecule is CCC1CCC(c2nc(C(F)(F)F)c(C(=O)O)s2)C1. The molecule has 1 saturated carbocycles. The maximum Gasteiger partial charge on any atom is 0.435 e. The fraction of sp³-hybridized carbons (Fsp3) is 0.667. The highest BCUT2D eigenvalue weighted by molar-refractivity contribution is 7.13. The summed E-state index contributed by atoms with van der Waals surface area (Å²) in [6.07, 6.45) is -1.13. The van der Waals surface area contributed by atoms with Gasteiger partial charge in [0, 0.05) is 5.92 Å². The van der Waals surface area contributed by atoms with Crippen LogP contribution in [-0.2, 0) is 6.18 Å². The molecule has 1 aliphatic carbocycles. The predicted molar refractivity (Wildman–Crippen MR) is 64.4 cm³/mol. The maximum atomic E-state index is 12.7. The van der Waals surface area contributed by atoms with Crippen LogP contribution in [0.2, 0.25) is 0 Å². The lowest BCUT2D eigenvalue weighted by Gasteiger charge is -2.06. The van der Waals surface area contributed by atoms with Crippen LogP contribution in [0, 0.1) is 5.92 Å². The molecule has 1 aromatic rings. The number of hydrogen-bond acceptors (Lipinski definition) is 3. The Hall–Kier alpha value is -1.11. The second kappa shape index (κ2) is 5.11. The lowest BCUT2D eigenvalue weighted by Crippen LogP contribution is -2.11. The summed E-state index contributed by atoms with van der Waals surface area (Å²) in [5.41, 5.74) is -1.25. The number of rotatable bonds is 3. The molecule has 0 spiro atoms. The maximum absolute atomic E-state index is 12.7. The summed E-state index contributed by atoms with van der Waals surface area (Å²) in [5, 5.41) is 9.17. The number of carbonyl (C=O) groups is 1. The van der Waals surface area contributed by atoms with Gasteiger partial charge in [0.05, 0.1) is 5.01 Å². The topological polar surface area (TPSA) is 50.2 Å². The highest BCUT2D eigenvalue weighted by atomic mass is 32.1. The summed E-state index contributed by atoms with van der Waals surface area (Å²) in [4.78, 5) is 13.8. The van der Waals surface area contributed by atoms with Gasteiger partial charge in [-0.1, -0.05) is 13.3 Å². The van der Waals surface area contributed by atoms with E-state index in [0.29, 0.717) is 22.3 Å². The molecule has 1 N–H and O–H groups in total. The van der Waals surface area contributed by atoms with Crippen LogP contribution in [0.1, 0.15) is 58.9 Å². The van der Waals surface area contributed by atoms with Crippen LogP contribution >= 0.6 is 11.3 Å². The molecule has 0 aromatic carbocycles. The van der Waals surface area contributed by atoms with E-state index < -0.39 is 22.7 Å².